The van der Waals surface area contributed by atoms with Gasteiger partial charge < -0.3 is 23.7 Å². The lowest BCUT2D eigenvalue weighted by Gasteiger charge is -2.23. The summed E-state index contributed by atoms with van der Waals surface area (Å²) in [6.45, 7) is 4.38. The highest BCUT2D eigenvalue weighted by Gasteiger charge is 2.46. The van der Waals surface area contributed by atoms with Crippen LogP contribution in [-0.2, 0) is 18.6 Å². The molecular weight excluding hydrogens is 210 g/mol. The summed E-state index contributed by atoms with van der Waals surface area (Å²) < 4.78 is 22.6. The Morgan fingerprint density at radius 1 is 1.12 bits per heavy atom. The van der Waals surface area contributed by atoms with Gasteiger partial charge in [0.05, 0.1) is 31.5 Å². The van der Waals surface area contributed by atoms with E-state index in [2.05, 4.69) is 0 Å². The molecule has 0 aromatic heterocycles. The Bertz CT molecular complexity index is 230. The van der Waals surface area contributed by atoms with Crippen LogP contribution in [0.2, 0.25) is 12.6 Å². The summed E-state index contributed by atoms with van der Waals surface area (Å²) in [7, 11) is -0.468. The molecule has 0 amide bonds. The monoisotopic (exact) mass is 228 g/mol. The minimum absolute atomic E-state index is 0.0686. The lowest BCUT2D eigenvalue weighted by molar-refractivity contribution is 0.00936. The molecule has 90 valence electrons. The highest BCUT2D eigenvalue weighted by atomic mass is 16.7. The molecule has 2 saturated heterocycles. The van der Waals surface area contributed by atoms with Crippen LogP contribution in [-0.4, -0.2) is 50.9 Å². The first-order valence-electron chi connectivity index (χ1n) is 5.97. The second-order valence-electron chi connectivity index (χ2n) is 4.14. The van der Waals surface area contributed by atoms with Crippen molar-refractivity contribution in [2.75, 3.05) is 13.2 Å². The maximum absolute atomic E-state index is 9.32. The second kappa shape index (κ2) is 5.51. The van der Waals surface area contributed by atoms with Crippen LogP contribution in [0.15, 0.2) is 0 Å². The van der Waals surface area contributed by atoms with Crippen molar-refractivity contribution in [3.8, 4) is 0 Å². The SMILES string of the molecule is CCB1O[C@@H]2[C@H](COB(CC)O[C@@H]2CO)O1. The van der Waals surface area contributed by atoms with Gasteiger partial charge in [-0.1, -0.05) is 13.8 Å². The van der Waals surface area contributed by atoms with Crippen molar-refractivity contribution in [1.82, 2.24) is 0 Å². The van der Waals surface area contributed by atoms with Crippen LogP contribution in [0.4, 0.5) is 0 Å². The molecule has 0 saturated carbocycles. The quantitative estimate of drug-likeness (QED) is 0.698. The van der Waals surface area contributed by atoms with Crippen molar-refractivity contribution in [1.29, 1.82) is 0 Å². The van der Waals surface area contributed by atoms with Crippen molar-refractivity contribution in [3.05, 3.63) is 0 Å². The van der Waals surface area contributed by atoms with Crippen LogP contribution in [0.5, 0.6) is 0 Å². The highest BCUT2D eigenvalue weighted by molar-refractivity contribution is 6.45. The van der Waals surface area contributed by atoms with Crippen LogP contribution in [0, 0.1) is 0 Å². The molecular formula is C9H18B2O5. The first-order valence-corrected chi connectivity index (χ1v) is 5.97. The van der Waals surface area contributed by atoms with Gasteiger partial charge in [-0.2, -0.15) is 0 Å². The van der Waals surface area contributed by atoms with Gasteiger partial charge in [0.25, 0.3) is 0 Å². The third kappa shape index (κ3) is 2.43. The number of aliphatic hydroxyl groups excluding tert-OH is 1. The molecule has 0 spiro atoms. The molecule has 0 aliphatic carbocycles. The molecule has 0 aromatic rings. The summed E-state index contributed by atoms with van der Waals surface area (Å²) in [5.74, 6) is 0. The summed E-state index contributed by atoms with van der Waals surface area (Å²) in [5.41, 5.74) is 0. The largest absolute Gasteiger partial charge is 0.457 e. The normalized spacial score (nSPS) is 35.1. The molecule has 16 heavy (non-hydrogen) atoms. The minimum atomic E-state index is -0.353. The molecule has 7 heteroatoms. The van der Waals surface area contributed by atoms with Gasteiger partial charge in [-0.25, -0.2) is 0 Å². The molecule has 2 rings (SSSR count). The summed E-state index contributed by atoms with van der Waals surface area (Å²) in [5, 5.41) is 9.32. The van der Waals surface area contributed by atoms with Gasteiger partial charge in [-0.05, 0) is 12.6 Å². The third-order valence-electron chi connectivity index (χ3n) is 2.99. The van der Waals surface area contributed by atoms with Crippen LogP contribution < -0.4 is 0 Å². The van der Waals surface area contributed by atoms with E-state index in [0.717, 1.165) is 12.6 Å². The van der Waals surface area contributed by atoms with E-state index in [0.29, 0.717) is 6.61 Å². The molecule has 2 aliphatic heterocycles. The van der Waals surface area contributed by atoms with E-state index in [9.17, 15) is 5.11 Å². The van der Waals surface area contributed by atoms with E-state index >= 15 is 0 Å². The fourth-order valence-electron chi connectivity index (χ4n) is 2.10. The van der Waals surface area contributed by atoms with E-state index in [1.54, 1.807) is 0 Å². The number of hydrogen-bond acceptors (Lipinski definition) is 5. The van der Waals surface area contributed by atoms with E-state index < -0.39 is 0 Å². The fraction of sp³-hybridized carbons (Fsp3) is 1.00. The molecule has 3 atom stereocenters. The summed E-state index contributed by atoms with van der Waals surface area (Å²) >= 11 is 0. The summed E-state index contributed by atoms with van der Waals surface area (Å²) in [6, 6.07) is 0. The number of hydrogen-bond donors (Lipinski definition) is 1. The van der Waals surface area contributed by atoms with Gasteiger partial charge in [0, 0.05) is 0 Å². The summed E-state index contributed by atoms with van der Waals surface area (Å²) in [4.78, 5) is 0. The molecule has 0 aromatic carbocycles. The van der Waals surface area contributed by atoms with Crippen molar-refractivity contribution in [2.45, 2.75) is 44.8 Å². The van der Waals surface area contributed by atoms with E-state index in [1.807, 2.05) is 13.8 Å². The first-order chi connectivity index (χ1) is 7.78. The van der Waals surface area contributed by atoms with Gasteiger partial charge in [0.1, 0.15) is 0 Å². The molecule has 2 heterocycles. The van der Waals surface area contributed by atoms with Crippen molar-refractivity contribution < 1.29 is 23.7 Å². The third-order valence-corrected chi connectivity index (χ3v) is 2.99. The van der Waals surface area contributed by atoms with Crippen LogP contribution >= 0.6 is 0 Å². The second-order valence-corrected chi connectivity index (χ2v) is 4.14. The topological polar surface area (TPSA) is 57.2 Å². The van der Waals surface area contributed by atoms with Gasteiger partial charge in [0.2, 0.25) is 0 Å². The molecule has 0 radical (unpaired) electrons. The van der Waals surface area contributed by atoms with Crippen LogP contribution in [0.3, 0.4) is 0 Å². The van der Waals surface area contributed by atoms with Gasteiger partial charge in [-0.15, -0.1) is 0 Å². The first kappa shape index (κ1) is 12.4. The maximum Gasteiger partial charge on any atom is 0.457 e. The Hall–Kier alpha value is -0.0701. The zero-order valence-corrected chi connectivity index (χ0v) is 9.80. The zero-order valence-electron chi connectivity index (χ0n) is 9.80. The maximum atomic E-state index is 9.32. The smallest absolute Gasteiger partial charge is 0.408 e. The minimum Gasteiger partial charge on any atom is -0.408 e. The van der Waals surface area contributed by atoms with Gasteiger partial charge in [-0.3, -0.25) is 0 Å². The average molecular weight is 228 g/mol. The van der Waals surface area contributed by atoms with Crippen molar-refractivity contribution in [2.24, 2.45) is 0 Å². The molecule has 5 nitrogen and oxygen atoms in total. The Morgan fingerprint density at radius 2 is 1.88 bits per heavy atom. The lowest BCUT2D eigenvalue weighted by Crippen LogP contribution is -2.40. The molecule has 0 bridgehead atoms. The molecule has 2 aliphatic rings. The van der Waals surface area contributed by atoms with Crippen molar-refractivity contribution in [3.63, 3.8) is 0 Å². The molecule has 0 unspecified atom stereocenters. The number of fused-ring (bicyclic) bond motifs is 1. The van der Waals surface area contributed by atoms with Gasteiger partial charge >= 0.3 is 14.2 Å². The Kier molecular flexibility index (Phi) is 4.27. The lowest BCUT2D eigenvalue weighted by atomic mass is 9.85. The van der Waals surface area contributed by atoms with Crippen LogP contribution in [0.25, 0.3) is 0 Å². The Balaban J connectivity index is 2.03. The molecule has 1 N–H and O–H groups in total. The highest BCUT2D eigenvalue weighted by Crippen LogP contribution is 2.26. The van der Waals surface area contributed by atoms with E-state index in [1.165, 1.54) is 0 Å². The zero-order chi connectivity index (χ0) is 11.5. The average Bonchev–Trinajstić information content (AvgIpc) is 2.66. The Morgan fingerprint density at radius 3 is 2.50 bits per heavy atom. The fourth-order valence-corrected chi connectivity index (χ4v) is 2.10. The van der Waals surface area contributed by atoms with E-state index in [4.69, 9.17) is 18.6 Å². The summed E-state index contributed by atoms with van der Waals surface area (Å²) in [6.07, 6.45) is 0.856. The van der Waals surface area contributed by atoms with Crippen molar-refractivity contribution >= 4 is 14.2 Å². The predicted octanol–water partition coefficient (Wildman–Crippen LogP) is 0.194. The molecule has 2 fully saturated rings. The van der Waals surface area contributed by atoms with Crippen LogP contribution in [0.1, 0.15) is 13.8 Å². The number of rotatable bonds is 3. The van der Waals surface area contributed by atoms with Gasteiger partial charge in [0.15, 0.2) is 0 Å². The van der Waals surface area contributed by atoms with E-state index in [-0.39, 0.29) is 39.2 Å². The Labute approximate surface area is 96.7 Å². The standard InChI is InChI=1S/C9H18B2O5/c1-3-10-13-6-8-9(7(5-12)14-10)16-11(4-2)15-8/h7-9,12H,3-6H2,1-2H3/t7-,8+,9+/m1/s1. The predicted molar refractivity (Wildman–Crippen MR) is 60.1 cm³/mol. The number of aliphatic hydroxyl groups is 1.